The van der Waals surface area contributed by atoms with E-state index < -0.39 is 11.5 Å². The van der Waals surface area contributed by atoms with Gasteiger partial charge >= 0.3 is 5.97 Å². The van der Waals surface area contributed by atoms with Crippen LogP contribution in [0.3, 0.4) is 0 Å². The van der Waals surface area contributed by atoms with Crippen molar-refractivity contribution in [1.82, 2.24) is 4.90 Å². The standard InChI is InChI=1S/C14H18ClNO3/c1-14(13(17)18)6-3-7-16(14)9-10-8-11(15)4-5-12(10)19-2/h4-5,8H,3,6-7,9H2,1-2H3,(H,17,18). The Morgan fingerprint density at radius 1 is 1.58 bits per heavy atom. The van der Waals surface area contributed by atoms with Crippen molar-refractivity contribution in [3.63, 3.8) is 0 Å². The molecule has 2 rings (SSSR count). The number of likely N-dealkylation sites (tertiary alicyclic amines) is 1. The number of carboxylic acid groups (broad SMARTS) is 1. The maximum absolute atomic E-state index is 11.4. The van der Waals surface area contributed by atoms with Crippen molar-refractivity contribution in [3.8, 4) is 5.75 Å². The van der Waals surface area contributed by atoms with Crippen LogP contribution >= 0.6 is 11.6 Å². The van der Waals surface area contributed by atoms with Crippen LogP contribution in [-0.2, 0) is 11.3 Å². The minimum Gasteiger partial charge on any atom is -0.496 e. The Labute approximate surface area is 117 Å². The number of carboxylic acids is 1. The molecule has 0 aliphatic carbocycles. The van der Waals surface area contributed by atoms with E-state index in [0.29, 0.717) is 18.0 Å². The number of rotatable bonds is 4. The largest absolute Gasteiger partial charge is 0.496 e. The second-order valence-electron chi connectivity index (χ2n) is 5.06. The molecule has 5 heteroatoms. The number of ether oxygens (including phenoxy) is 1. The fraction of sp³-hybridized carbons (Fsp3) is 0.500. The topological polar surface area (TPSA) is 49.8 Å². The van der Waals surface area contributed by atoms with Crippen LogP contribution in [0, 0.1) is 0 Å². The first kappa shape index (κ1) is 14.2. The van der Waals surface area contributed by atoms with Gasteiger partial charge in [-0.3, -0.25) is 9.69 Å². The van der Waals surface area contributed by atoms with Gasteiger partial charge in [-0.05, 0) is 44.5 Å². The zero-order valence-electron chi connectivity index (χ0n) is 11.1. The number of methoxy groups -OCH3 is 1. The van der Waals surface area contributed by atoms with Crippen molar-refractivity contribution >= 4 is 17.6 Å². The smallest absolute Gasteiger partial charge is 0.323 e. The molecule has 0 amide bonds. The summed E-state index contributed by atoms with van der Waals surface area (Å²) in [5.41, 5.74) is 0.122. The fourth-order valence-corrected chi connectivity index (χ4v) is 2.79. The molecule has 4 nitrogen and oxygen atoms in total. The summed E-state index contributed by atoms with van der Waals surface area (Å²) >= 11 is 6.00. The highest BCUT2D eigenvalue weighted by molar-refractivity contribution is 6.30. The van der Waals surface area contributed by atoms with Crippen LogP contribution < -0.4 is 4.74 Å². The van der Waals surface area contributed by atoms with E-state index in [-0.39, 0.29) is 0 Å². The van der Waals surface area contributed by atoms with E-state index in [1.165, 1.54) is 0 Å². The molecule has 1 aromatic rings. The Bertz CT molecular complexity index is 492. The second-order valence-corrected chi connectivity index (χ2v) is 5.50. The van der Waals surface area contributed by atoms with Crippen LogP contribution in [0.1, 0.15) is 25.3 Å². The molecular formula is C14H18ClNO3. The quantitative estimate of drug-likeness (QED) is 0.923. The van der Waals surface area contributed by atoms with E-state index >= 15 is 0 Å². The molecule has 104 valence electrons. The van der Waals surface area contributed by atoms with Gasteiger partial charge in [0.15, 0.2) is 0 Å². The van der Waals surface area contributed by atoms with Crippen LogP contribution in [-0.4, -0.2) is 35.2 Å². The maximum atomic E-state index is 11.4. The highest BCUT2D eigenvalue weighted by atomic mass is 35.5. The fourth-order valence-electron chi connectivity index (χ4n) is 2.59. The number of halogens is 1. The highest BCUT2D eigenvalue weighted by Crippen LogP contribution is 2.33. The SMILES string of the molecule is COc1ccc(Cl)cc1CN1CCCC1(C)C(=O)O. The van der Waals surface area contributed by atoms with Crippen LogP contribution in [0.4, 0.5) is 0 Å². The van der Waals surface area contributed by atoms with E-state index in [1.54, 1.807) is 20.1 Å². The van der Waals surface area contributed by atoms with Gasteiger partial charge in [-0.1, -0.05) is 11.6 Å². The first-order chi connectivity index (χ1) is 8.97. The first-order valence-electron chi connectivity index (χ1n) is 6.28. The van der Waals surface area contributed by atoms with Gasteiger partial charge < -0.3 is 9.84 Å². The zero-order chi connectivity index (χ0) is 14.0. The molecule has 1 N–H and O–H groups in total. The minimum absolute atomic E-state index is 0.534. The third kappa shape index (κ3) is 2.69. The lowest BCUT2D eigenvalue weighted by Gasteiger charge is -2.31. The number of carbonyl (C=O) groups is 1. The number of hydrogen-bond acceptors (Lipinski definition) is 3. The van der Waals surface area contributed by atoms with Gasteiger partial charge in [-0.25, -0.2) is 0 Å². The van der Waals surface area contributed by atoms with Crippen LogP contribution in [0.5, 0.6) is 5.75 Å². The second kappa shape index (κ2) is 5.39. The predicted octanol–water partition coefficient (Wildman–Crippen LogP) is 2.79. The molecule has 1 atom stereocenters. The van der Waals surface area contributed by atoms with E-state index in [1.807, 2.05) is 17.0 Å². The predicted molar refractivity (Wildman–Crippen MR) is 73.7 cm³/mol. The third-order valence-electron chi connectivity index (χ3n) is 3.85. The first-order valence-corrected chi connectivity index (χ1v) is 6.66. The van der Waals surface area contributed by atoms with Gasteiger partial charge in [-0.15, -0.1) is 0 Å². The summed E-state index contributed by atoms with van der Waals surface area (Å²) in [6.07, 6.45) is 1.57. The van der Waals surface area contributed by atoms with Gasteiger partial charge in [0.2, 0.25) is 0 Å². The molecule has 0 bridgehead atoms. The molecule has 1 saturated heterocycles. The molecule has 1 unspecified atom stereocenters. The average molecular weight is 284 g/mol. The lowest BCUT2D eigenvalue weighted by atomic mass is 9.98. The minimum atomic E-state index is -0.798. The maximum Gasteiger partial charge on any atom is 0.323 e. The Morgan fingerprint density at radius 2 is 2.32 bits per heavy atom. The van der Waals surface area contributed by atoms with Crippen molar-refractivity contribution in [2.75, 3.05) is 13.7 Å². The summed E-state index contributed by atoms with van der Waals surface area (Å²) in [4.78, 5) is 13.4. The van der Waals surface area contributed by atoms with Crippen molar-refractivity contribution in [1.29, 1.82) is 0 Å². The van der Waals surface area contributed by atoms with Crippen LogP contribution in [0.15, 0.2) is 18.2 Å². The van der Waals surface area contributed by atoms with Gasteiger partial charge in [-0.2, -0.15) is 0 Å². The molecule has 1 aliphatic rings. The van der Waals surface area contributed by atoms with Crippen molar-refractivity contribution in [2.24, 2.45) is 0 Å². The molecule has 1 aliphatic heterocycles. The van der Waals surface area contributed by atoms with Gasteiger partial charge in [0.25, 0.3) is 0 Å². The number of benzene rings is 1. The van der Waals surface area contributed by atoms with Crippen molar-refractivity contribution in [2.45, 2.75) is 31.8 Å². The normalized spacial score (nSPS) is 23.5. The molecular weight excluding hydrogens is 266 g/mol. The number of aliphatic carboxylic acids is 1. The summed E-state index contributed by atoms with van der Waals surface area (Å²) in [6, 6.07) is 5.41. The lowest BCUT2D eigenvalue weighted by Crippen LogP contribution is -2.47. The molecule has 19 heavy (non-hydrogen) atoms. The molecule has 1 heterocycles. The van der Waals surface area contributed by atoms with Crippen molar-refractivity contribution < 1.29 is 14.6 Å². The van der Waals surface area contributed by atoms with E-state index in [0.717, 1.165) is 24.3 Å². The van der Waals surface area contributed by atoms with E-state index in [4.69, 9.17) is 16.3 Å². The number of nitrogens with zero attached hydrogens (tertiary/aromatic N) is 1. The Hall–Kier alpha value is -1.26. The molecule has 1 fully saturated rings. The number of hydrogen-bond donors (Lipinski definition) is 1. The highest BCUT2D eigenvalue weighted by Gasteiger charge is 2.43. The molecule has 0 aromatic heterocycles. The molecule has 1 aromatic carbocycles. The van der Waals surface area contributed by atoms with E-state index in [9.17, 15) is 9.90 Å². The van der Waals surface area contributed by atoms with E-state index in [2.05, 4.69) is 0 Å². The summed E-state index contributed by atoms with van der Waals surface area (Å²) in [6.45, 7) is 3.09. The summed E-state index contributed by atoms with van der Waals surface area (Å²) in [7, 11) is 1.60. The Kier molecular flexibility index (Phi) is 4.02. The Morgan fingerprint density at radius 3 is 2.95 bits per heavy atom. The van der Waals surface area contributed by atoms with Gasteiger partial charge in [0.05, 0.1) is 7.11 Å². The summed E-state index contributed by atoms with van der Waals surface area (Å²) in [5, 5.41) is 10.0. The van der Waals surface area contributed by atoms with Crippen LogP contribution in [0.25, 0.3) is 0 Å². The summed E-state index contributed by atoms with van der Waals surface area (Å²) < 4.78 is 5.31. The molecule has 0 spiro atoms. The van der Waals surface area contributed by atoms with Gasteiger partial charge in [0, 0.05) is 17.1 Å². The monoisotopic (exact) mass is 283 g/mol. The average Bonchev–Trinajstić information content (AvgIpc) is 2.73. The van der Waals surface area contributed by atoms with Crippen LogP contribution in [0.2, 0.25) is 5.02 Å². The Balaban J connectivity index is 2.26. The van der Waals surface area contributed by atoms with Crippen molar-refractivity contribution in [3.05, 3.63) is 28.8 Å². The molecule has 0 radical (unpaired) electrons. The third-order valence-corrected chi connectivity index (χ3v) is 4.09. The summed E-state index contributed by atoms with van der Waals surface area (Å²) in [5.74, 6) is -0.0324. The van der Waals surface area contributed by atoms with Gasteiger partial charge in [0.1, 0.15) is 11.3 Å². The molecule has 0 saturated carbocycles. The zero-order valence-corrected chi connectivity index (χ0v) is 11.9. The lowest BCUT2D eigenvalue weighted by molar-refractivity contribution is -0.148.